The van der Waals surface area contributed by atoms with E-state index in [1.54, 1.807) is 6.26 Å². The van der Waals surface area contributed by atoms with Crippen LogP contribution in [-0.4, -0.2) is 25.6 Å². The fourth-order valence-electron chi connectivity index (χ4n) is 3.16. The zero-order chi connectivity index (χ0) is 15.2. The highest BCUT2D eigenvalue weighted by Crippen LogP contribution is 2.33. The molecule has 0 fully saturated rings. The average molecular weight is 307 g/mol. The Morgan fingerprint density at radius 2 is 2.04 bits per heavy atom. The first kappa shape index (κ1) is 12.6. The molecule has 3 aromatic heterocycles. The number of rotatable bonds is 2. The minimum atomic E-state index is 0.187. The summed E-state index contributed by atoms with van der Waals surface area (Å²) in [5, 5.41) is 16.1. The summed E-state index contributed by atoms with van der Waals surface area (Å²) in [5.41, 5.74) is 3.71. The molecule has 23 heavy (non-hydrogen) atoms. The van der Waals surface area contributed by atoms with Crippen LogP contribution in [0.4, 0.5) is 0 Å². The number of aryl methyl sites for hydroxylation is 1. The van der Waals surface area contributed by atoms with Gasteiger partial charge < -0.3 is 8.94 Å². The van der Waals surface area contributed by atoms with Gasteiger partial charge in [0.2, 0.25) is 11.7 Å². The number of furan rings is 1. The van der Waals surface area contributed by atoms with E-state index in [-0.39, 0.29) is 5.92 Å². The molecule has 1 unspecified atom stereocenters. The molecular weight excluding hydrogens is 294 g/mol. The van der Waals surface area contributed by atoms with Crippen LogP contribution in [0.1, 0.15) is 29.6 Å². The monoisotopic (exact) mass is 307 g/mol. The van der Waals surface area contributed by atoms with Gasteiger partial charge in [-0.3, -0.25) is 0 Å². The summed E-state index contributed by atoms with van der Waals surface area (Å²) in [4.78, 5) is 4.59. The first-order valence-corrected chi connectivity index (χ1v) is 7.57. The highest BCUT2D eigenvalue weighted by atomic mass is 16.5. The van der Waals surface area contributed by atoms with Crippen LogP contribution in [0.2, 0.25) is 0 Å². The van der Waals surface area contributed by atoms with Gasteiger partial charge in [0.1, 0.15) is 11.8 Å². The summed E-state index contributed by atoms with van der Waals surface area (Å²) in [6, 6.07) is 7.82. The summed E-state index contributed by atoms with van der Waals surface area (Å²) in [6.45, 7) is 0. The Labute approximate surface area is 130 Å². The van der Waals surface area contributed by atoms with Crippen LogP contribution in [0, 0.1) is 0 Å². The first-order valence-electron chi connectivity index (χ1n) is 7.57. The molecular formula is C16H13N5O2. The maximum Gasteiger partial charge on any atom is 0.230 e. The van der Waals surface area contributed by atoms with E-state index in [2.05, 4.69) is 25.6 Å². The third-order valence-corrected chi connectivity index (χ3v) is 4.39. The molecule has 7 heteroatoms. The van der Waals surface area contributed by atoms with Crippen LogP contribution in [0.25, 0.3) is 22.4 Å². The van der Waals surface area contributed by atoms with Crippen LogP contribution in [-0.2, 0) is 12.8 Å². The van der Waals surface area contributed by atoms with Gasteiger partial charge in [0.15, 0.2) is 0 Å². The van der Waals surface area contributed by atoms with Crippen molar-refractivity contribution < 1.29 is 8.94 Å². The van der Waals surface area contributed by atoms with Gasteiger partial charge in [0.05, 0.1) is 17.0 Å². The quantitative estimate of drug-likeness (QED) is 0.612. The topological polar surface area (TPSA) is 93.6 Å². The highest BCUT2D eigenvalue weighted by molar-refractivity contribution is 5.91. The maximum atomic E-state index is 5.55. The number of H-pyrrole nitrogens is 1. The standard InChI is InChI=1S/C16H13N5O2/c1-2-4-14-10(3-1)11(8-22-14)15-17-16(23-20-15)9-5-6-12-13(7-9)19-21-18-12/h1-4,8-9H,5-7H2,(H,18,19,21). The van der Waals surface area contributed by atoms with Crippen molar-refractivity contribution in [2.75, 3.05) is 0 Å². The van der Waals surface area contributed by atoms with Gasteiger partial charge in [-0.25, -0.2) is 0 Å². The number of hydrogen-bond acceptors (Lipinski definition) is 6. The lowest BCUT2D eigenvalue weighted by Crippen LogP contribution is -2.13. The average Bonchev–Trinajstić information content (AvgIpc) is 3.32. The Morgan fingerprint density at radius 3 is 3.04 bits per heavy atom. The van der Waals surface area contributed by atoms with E-state index in [0.29, 0.717) is 11.7 Å². The Kier molecular flexibility index (Phi) is 2.61. The molecule has 0 aliphatic heterocycles. The molecule has 0 amide bonds. The summed E-state index contributed by atoms with van der Waals surface area (Å²) in [5.74, 6) is 1.40. The van der Waals surface area contributed by atoms with E-state index in [4.69, 9.17) is 8.94 Å². The third kappa shape index (κ3) is 1.97. The molecule has 1 N–H and O–H groups in total. The predicted octanol–water partition coefficient (Wildman–Crippen LogP) is 2.87. The van der Waals surface area contributed by atoms with Crippen molar-refractivity contribution in [1.29, 1.82) is 0 Å². The normalized spacial score (nSPS) is 17.5. The van der Waals surface area contributed by atoms with E-state index in [9.17, 15) is 0 Å². The Morgan fingerprint density at radius 1 is 1.13 bits per heavy atom. The van der Waals surface area contributed by atoms with Crippen LogP contribution in [0.3, 0.4) is 0 Å². The van der Waals surface area contributed by atoms with Crippen molar-refractivity contribution in [1.82, 2.24) is 25.6 Å². The molecule has 114 valence electrons. The lowest BCUT2D eigenvalue weighted by molar-refractivity contribution is 0.339. The van der Waals surface area contributed by atoms with Gasteiger partial charge >= 0.3 is 0 Å². The number of hydrogen-bond donors (Lipinski definition) is 1. The molecule has 1 aliphatic rings. The second kappa shape index (κ2) is 4.77. The fraction of sp³-hybridized carbons (Fsp3) is 0.250. The van der Waals surface area contributed by atoms with Gasteiger partial charge in [0, 0.05) is 17.7 Å². The Hall–Kier alpha value is -2.96. The highest BCUT2D eigenvalue weighted by Gasteiger charge is 2.28. The van der Waals surface area contributed by atoms with Crippen molar-refractivity contribution in [3.63, 3.8) is 0 Å². The van der Waals surface area contributed by atoms with Crippen molar-refractivity contribution in [3.05, 3.63) is 47.8 Å². The number of para-hydroxylation sites is 1. The zero-order valence-electron chi connectivity index (χ0n) is 12.2. The number of aromatic nitrogens is 5. The Bertz CT molecular complexity index is 983. The Balaban J connectivity index is 1.49. The van der Waals surface area contributed by atoms with Gasteiger partial charge in [-0.15, -0.1) is 0 Å². The van der Waals surface area contributed by atoms with Crippen LogP contribution >= 0.6 is 0 Å². The molecule has 0 bridgehead atoms. The lowest BCUT2D eigenvalue weighted by atomic mass is 9.90. The van der Waals surface area contributed by atoms with Gasteiger partial charge in [-0.2, -0.15) is 20.4 Å². The smallest absolute Gasteiger partial charge is 0.230 e. The van der Waals surface area contributed by atoms with Gasteiger partial charge in [0.25, 0.3) is 0 Å². The van der Waals surface area contributed by atoms with Crippen LogP contribution < -0.4 is 0 Å². The van der Waals surface area contributed by atoms with Crippen LogP contribution in [0.5, 0.6) is 0 Å². The van der Waals surface area contributed by atoms with Crippen molar-refractivity contribution >= 4 is 11.0 Å². The van der Waals surface area contributed by atoms with Crippen molar-refractivity contribution in [3.8, 4) is 11.4 Å². The van der Waals surface area contributed by atoms with E-state index in [0.717, 1.165) is 47.2 Å². The van der Waals surface area contributed by atoms with E-state index in [1.165, 1.54) is 0 Å². The SMILES string of the molecule is c1ccc2c(-c3noc(C4CCc5n[nH]nc5C4)n3)coc2c1. The molecule has 4 aromatic rings. The van der Waals surface area contributed by atoms with E-state index in [1.807, 2.05) is 24.3 Å². The second-order valence-electron chi connectivity index (χ2n) is 5.76. The molecule has 1 aliphatic carbocycles. The predicted molar refractivity (Wildman–Crippen MR) is 80.7 cm³/mol. The summed E-state index contributed by atoms with van der Waals surface area (Å²) in [7, 11) is 0. The molecule has 3 heterocycles. The molecule has 0 radical (unpaired) electrons. The van der Waals surface area contributed by atoms with E-state index < -0.39 is 0 Å². The largest absolute Gasteiger partial charge is 0.464 e. The van der Waals surface area contributed by atoms with Crippen molar-refractivity contribution in [2.24, 2.45) is 0 Å². The number of fused-ring (bicyclic) bond motifs is 2. The number of aromatic amines is 1. The summed E-state index contributed by atoms with van der Waals surface area (Å²) in [6.07, 6.45) is 4.27. The van der Waals surface area contributed by atoms with Gasteiger partial charge in [-0.05, 0) is 18.9 Å². The van der Waals surface area contributed by atoms with Crippen molar-refractivity contribution in [2.45, 2.75) is 25.2 Å². The minimum Gasteiger partial charge on any atom is -0.464 e. The molecule has 0 saturated carbocycles. The number of nitrogens with zero attached hydrogens (tertiary/aromatic N) is 4. The third-order valence-electron chi connectivity index (χ3n) is 4.39. The molecule has 1 atom stereocenters. The molecule has 1 aromatic carbocycles. The molecule has 5 rings (SSSR count). The molecule has 0 spiro atoms. The van der Waals surface area contributed by atoms with Crippen LogP contribution in [0.15, 0.2) is 39.5 Å². The summed E-state index contributed by atoms with van der Waals surface area (Å²) >= 11 is 0. The zero-order valence-corrected chi connectivity index (χ0v) is 12.2. The first-order chi connectivity index (χ1) is 11.4. The number of benzene rings is 1. The maximum absolute atomic E-state index is 5.55. The number of nitrogens with one attached hydrogen (secondary N) is 1. The molecule has 7 nitrogen and oxygen atoms in total. The minimum absolute atomic E-state index is 0.187. The fourth-order valence-corrected chi connectivity index (χ4v) is 3.16. The van der Waals surface area contributed by atoms with Gasteiger partial charge in [-0.1, -0.05) is 23.4 Å². The van der Waals surface area contributed by atoms with E-state index >= 15 is 0 Å². The lowest BCUT2D eigenvalue weighted by Gasteiger charge is -2.15. The molecule has 0 saturated heterocycles. The summed E-state index contributed by atoms with van der Waals surface area (Å²) < 4.78 is 11.1. The second-order valence-corrected chi connectivity index (χ2v) is 5.76.